The van der Waals surface area contributed by atoms with Gasteiger partial charge in [-0.1, -0.05) is 19.3 Å². The molecular formula is C14H11F4NO2. The third kappa shape index (κ3) is 1.86. The van der Waals surface area contributed by atoms with Crippen LogP contribution in [0.2, 0.25) is 0 Å². The zero-order valence-corrected chi connectivity index (χ0v) is 10.9. The number of benzene rings is 1. The van der Waals surface area contributed by atoms with Crippen molar-refractivity contribution in [3.05, 3.63) is 34.4 Å². The SMILES string of the molecule is O=C1c2c(F)c(F)c(F)c(F)c2C(=O)N1C1CCCCC1. The van der Waals surface area contributed by atoms with Crippen molar-refractivity contribution >= 4 is 11.8 Å². The number of nitrogens with zero attached hydrogens (tertiary/aromatic N) is 1. The molecule has 1 fully saturated rings. The van der Waals surface area contributed by atoms with Gasteiger partial charge < -0.3 is 0 Å². The quantitative estimate of drug-likeness (QED) is 0.346. The molecule has 0 unspecified atom stereocenters. The number of rotatable bonds is 1. The molecule has 0 aromatic heterocycles. The second-order valence-corrected chi connectivity index (χ2v) is 5.28. The molecule has 0 bridgehead atoms. The first-order valence-electron chi connectivity index (χ1n) is 6.69. The molecule has 0 spiro atoms. The lowest BCUT2D eigenvalue weighted by Gasteiger charge is -2.29. The summed E-state index contributed by atoms with van der Waals surface area (Å²) < 4.78 is 53.9. The van der Waals surface area contributed by atoms with Crippen LogP contribution in [0.1, 0.15) is 52.8 Å². The monoisotopic (exact) mass is 301 g/mol. The standard InChI is InChI=1S/C14H11F4NO2/c15-9-7-8(10(16)12(18)11(9)17)14(21)19(13(7)20)6-4-2-1-3-5-6/h6H,1-5H2. The Bertz CT molecular complexity index is 606. The number of hydrogen-bond acceptors (Lipinski definition) is 2. The third-order valence-corrected chi connectivity index (χ3v) is 4.07. The van der Waals surface area contributed by atoms with Gasteiger partial charge in [-0.05, 0) is 12.8 Å². The topological polar surface area (TPSA) is 37.4 Å². The molecule has 7 heteroatoms. The summed E-state index contributed by atoms with van der Waals surface area (Å²) in [5.41, 5.74) is -2.00. The molecule has 1 aromatic carbocycles. The number of imide groups is 1. The van der Waals surface area contributed by atoms with Gasteiger partial charge in [-0.3, -0.25) is 14.5 Å². The summed E-state index contributed by atoms with van der Waals surface area (Å²) in [5, 5.41) is 0. The molecule has 0 atom stereocenters. The van der Waals surface area contributed by atoms with E-state index in [1.807, 2.05) is 0 Å². The predicted octanol–water partition coefficient (Wildman–Crippen LogP) is 3.17. The molecule has 1 aliphatic heterocycles. The zero-order chi connectivity index (χ0) is 15.3. The first kappa shape index (κ1) is 14.0. The fraction of sp³-hybridized carbons (Fsp3) is 0.429. The van der Waals surface area contributed by atoms with Gasteiger partial charge in [-0.2, -0.15) is 0 Å². The summed E-state index contributed by atoms with van der Waals surface area (Å²) in [6.45, 7) is 0. The first-order valence-corrected chi connectivity index (χ1v) is 6.69. The van der Waals surface area contributed by atoms with Crippen LogP contribution in [-0.4, -0.2) is 22.8 Å². The molecule has 0 saturated heterocycles. The second kappa shape index (κ2) is 4.82. The van der Waals surface area contributed by atoms with E-state index in [1.54, 1.807) is 0 Å². The second-order valence-electron chi connectivity index (χ2n) is 5.28. The average molecular weight is 301 g/mol. The van der Waals surface area contributed by atoms with Gasteiger partial charge in [-0.15, -0.1) is 0 Å². The molecule has 1 saturated carbocycles. The van der Waals surface area contributed by atoms with E-state index in [0.29, 0.717) is 12.8 Å². The van der Waals surface area contributed by atoms with Crippen molar-refractivity contribution in [3.8, 4) is 0 Å². The van der Waals surface area contributed by atoms with Crippen molar-refractivity contribution < 1.29 is 27.2 Å². The Balaban J connectivity index is 2.12. The first-order chi connectivity index (χ1) is 9.95. The minimum Gasteiger partial charge on any atom is -0.271 e. The van der Waals surface area contributed by atoms with E-state index >= 15 is 0 Å². The molecule has 2 aliphatic rings. The van der Waals surface area contributed by atoms with Crippen LogP contribution in [0, 0.1) is 23.3 Å². The van der Waals surface area contributed by atoms with Crippen molar-refractivity contribution in [2.24, 2.45) is 0 Å². The maximum atomic E-state index is 13.7. The van der Waals surface area contributed by atoms with E-state index in [-0.39, 0.29) is 0 Å². The molecule has 2 amide bonds. The number of halogens is 4. The van der Waals surface area contributed by atoms with Crippen molar-refractivity contribution in [1.82, 2.24) is 4.90 Å². The molecule has 1 heterocycles. The molecule has 0 radical (unpaired) electrons. The highest BCUT2D eigenvalue weighted by atomic mass is 19.2. The van der Waals surface area contributed by atoms with Gasteiger partial charge in [0.25, 0.3) is 11.8 Å². The van der Waals surface area contributed by atoms with Crippen molar-refractivity contribution in [1.29, 1.82) is 0 Å². The highest BCUT2D eigenvalue weighted by molar-refractivity contribution is 6.21. The van der Waals surface area contributed by atoms with Gasteiger partial charge >= 0.3 is 0 Å². The maximum absolute atomic E-state index is 13.7. The lowest BCUT2D eigenvalue weighted by Crippen LogP contribution is -2.41. The van der Waals surface area contributed by atoms with E-state index in [2.05, 4.69) is 0 Å². The Morgan fingerprint density at radius 1 is 0.714 bits per heavy atom. The van der Waals surface area contributed by atoms with E-state index in [4.69, 9.17) is 0 Å². The van der Waals surface area contributed by atoms with Gasteiger partial charge in [0.1, 0.15) is 0 Å². The summed E-state index contributed by atoms with van der Waals surface area (Å²) in [5.74, 6) is -9.92. The normalized spacial score (nSPS) is 19.3. The molecule has 1 aromatic rings. The molecule has 3 rings (SSSR count). The Morgan fingerprint density at radius 3 is 1.57 bits per heavy atom. The van der Waals surface area contributed by atoms with E-state index in [9.17, 15) is 27.2 Å². The molecule has 112 valence electrons. The Hall–Kier alpha value is -1.92. The van der Waals surface area contributed by atoms with Crippen LogP contribution in [0.15, 0.2) is 0 Å². The van der Waals surface area contributed by atoms with Gasteiger partial charge in [-0.25, -0.2) is 17.6 Å². The van der Waals surface area contributed by atoms with E-state index < -0.39 is 52.3 Å². The molecule has 3 nitrogen and oxygen atoms in total. The summed E-state index contributed by atoms with van der Waals surface area (Å²) >= 11 is 0. The van der Waals surface area contributed by atoms with E-state index in [0.717, 1.165) is 24.2 Å². The highest BCUT2D eigenvalue weighted by Crippen LogP contribution is 2.35. The summed E-state index contributed by atoms with van der Waals surface area (Å²) in [6, 6.07) is -0.476. The van der Waals surface area contributed by atoms with Crippen molar-refractivity contribution in [2.45, 2.75) is 38.1 Å². The molecule has 0 N–H and O–H groups in total. The van der Waals surface area contributed by atoms with Crippen LogP contribution in [0.4, 0.5) is 17.6 Å². The average Bonchev–Trinajstić information content (AvgIpc) is 2.75. The minimum absolute atomic E-state index is 0.476. The van der Waals surface area contributed by atoms with E-state index in [1.165, 1.54) is 0 Å². The predicted molar refractivity (Wildman–Crippen MR) is 63.6 cm³/mol. The zero-order valence-electron chi connectivity index (χ0n) is 10.9. The number of carbonyl (C=O) groups is 2. The lowest BCUT2D eigenvalue weighted by molar-refractivity contribution is 0.0546. The van der Waals surface area contributed by atoms with Crippen LogP contribution in [0.5, 0.6) is 0 Å². The highest BCUT2D eigenvalue weighted by Gasteiger charge is 2.46. The van der Waals surface area contributed by atoms with Crippen LogP contribution in [-0.2, 0) is 0 Å². The van der Waals surface area contributed by atoms with Gasteiger partial charge in [0, 0.05) is 6.04 Å². The Morgan fingerprint density at radius 2 is 1.14 bits per heavy atom. The fourth-order valence-corrected chi connectivity index (χ4v) is 3.04. The Labute approximate surface area is 117 Å². The van der Waals surface area contributed by atoms with Crippen molar-refractivity contribution in [3.63, 3.8) is 0 Å². The van der Waals surface area contributed by atoms with Crippen LogP contribution >= 0.6 is 0 Å². The molecule has 21 heavy (non-hydrogen) atoms. The van der Waals surface area contributed by atoms with Gasteiger partial charge in [0.05, 0.1) is 11.1 Å². The fourth-order valence-electron chi connectivity index (χ4n) is 3.04. The van der Waals surface area contributed by atoms with Crippen molar-refractivity contribution in [2.75, 3.05) is 0 Å². The summed E-state index contributed by atoms with van der Waals surface area (Å²) in [4.78, 5) is 25.0. The maximum Gasteiger partial charge on any atom is 0.265 e. The number of amides is 2. The smallest absolute Gasteiger partial charge is 0.265 e. The third-order valence-electron chi connectivity index (χ3n) is 4.07. The van der Waals surface area contributed by atoms with Gasteiger partial charge in [0.2, 0.25) is 0 Å². The largest absolute Gasteiger partial charge is 0.271 e. The number of fused-ring (bicyclic) bond motifs is 1. The Kier molecular flexibility index (Phi) is 3.22. The number of carbonyl (C=O) groups excluding carboxylic acids is 2. The van der Waals surface area contributed by atoms with Gasteiger partial charge in [0.15, 0.2) is 23.3 Å². The van der Waals surface area contributed by atoms with Crippen LogP contribution in [0.25, 0.3) is 0 Å². The number of hydrogen-bond donors (Lipinski definition) is 0. The summed E-state index contributed by atoms with van der Waals surface area (Å²) in [6.07, 6.45) is 3.57. The minimum atomic E-state index is -2.07. The van der Waals surface area contributed by atoms with Crippen LogP contribution < -0.4 is 0 Å². The molecular weight excluding hydrogens is 290 g/mol. The van der Waals surface area contributed by atoms with Crippen LogP contribution in [0.3, 0.4) is 0 Å². The summed E-state index contributed by atoms with van der Waals surface area (Å²) in [7, 11) is 0. The lowest BCUT2D eigenvalue weighted by atomic mass is 9.94. The molecule has 1 aliphatic carbocycles.